The molecule has 20 heavy (non-hydrogen) atoms. The summed E-state index contributed by atoms with van der Waals surface area (Å²) in [5, 5.41) is 4.70. The van der Waals surface area contributed by atoms with Crippen molar-refractivity contribution in [2.24, 2.45) is 0 Å². The lowest BCUT2D eigenvalue weighted by molar-refractivity contribution is 0.120. The highest BCUT2D eigenvalue weighted by Crippen LogP contribution is 2.18. The average Bonchev–Trinajstić information content (AvgIpc) is 3.01. The van der Waals surface area contributed by atoms with E-state index in [1.807, 2.05) is 19.2 Å². The fourth-order valence-corrected chi connectivity index (χ4v) is 3.17. The second-order valence-electron chi connectivity index (χ2n) is 5.15. The van der Waals surface area contributed by atoms with Crippen molar-refractivity contribution in [3.8, 4) is 0 Å². The van der Waals surface area contributed by atoms with Crippen LogP contribution >= 0.6 is 11.3 Å². The molecule has 1 fully saturated rings. The number of nitrogens with zero attached hydrogens (tertiary/aromatic N) is 4. The van der Waals surface area contributed by atoms with Gasteiger partial charge in [0.25, 0.3) is 0 Å². The van der Waals surface area contributed by atoms with Crippen molar-refractivity contribution in [2.45, 2.75) is 20.0 Å². The first kappa shape index (κ1) is 13.5. The lowest BCUT2D eigenvalue weighted by atomic mass is 10.2. The number of rotatable bonds is 4. The number of hydrogen-bond acceptors (Lipinski definition) is 7. The molecule has 3 heterocycles. The first-order valence-electron chi connectivity index (χ1n) is 6.76. The first-order chi connectivity index (χ1) is 9.69. The highest BCUT2D eigenvalue weighted by Gasteiger charge is 2.18. The Hall–Kier alpha value is -1.44. The van der Waals surface area contributed by atoms with E-state index >= 15 is 0 Å². The normalized spacial score (nSPS) is 17.6. The molecular weight excluding hydrogens is 274 g/mol. The number of hydrogen-bond donors (Lipinski definition) is 1. The minimum Gasteiger partial charge on any atom is -0.375 e. The molecule has 108 valence electrons. The molecule has 0 spiro atoms. The number of anilines is 1. The Morgan fingerprint density at radius 1 is 1.25 bits per heavy atom. The van der Waals surface area contributed by atoms with Crippen LogP contribution in [0.1, 0.15) is 16.3 Å². The van der Waals surface area contributed by atoms with Crippen molar-refractivity contribution in [3.63, 3.8) is 0 Å². The summed E-state index contributed by atoms with van der Waals surface area (Å²) in [5.41, 5.74) is 6.68. The lowest BCUT2D eigenvalue weighted by Gasteiger charge is -2.33. The SMILES string of the molecule is Cc1cc(CN2CCN(Cc3cnc(N)s3)CC2)no1. The van der Waals surface area contributed by atoms with Gasteiger partial charge in [-0.1, -0.05) is 5.16 Å². The molecule has 0 aromatic carbocycles. The first-order valence-corrected chi connectivity index (χ1v) is 7.58. The Morgan fingerprint density at radius 3 is 2.50 bits per heavy atom. The number of piperazine rings is 1. The molecule has 0 saturated carbocycles. The zero-order valence-corrected chi connectivity index (χ0v) is 12.4. The van der Waals surface area contributed by atoms with Gasteiger partial charge < -0.3 is 10.3 Å². The number of nitrogens with two attached hydrogens (primary N) is 1. The number of aromatic nitrogens is 2. The Kier molecular flexibility index (Phi) is 4.00. The molecule has 6 nitrogen and oxygen atoms in total. The van der Waals surface area contributed by atoms with Crippen LogP contribution in [0.4, 0.5) is 5.13 Å². The molecular formula is C13H19N5OS. The monoisotopic (exact) mass is 293 g/mol. The predicted molar refractivity (Wildman–Crippen MR) is 78.3 cm³/mol. The summed E-state index contributed by atoms with van der Waals surface area (Å²) in [6.07, 6.45) is 1.88. The molecule has 1 saturated heterocycles. The van der Waals surface area contributed by atoms with Gasteiger partial charge in [-0.3, -0.25) is 9.80 Å². The number of aryl methyl sites for hydroxylation is 1. The zero-order valence-electron chi connectivity index (χ0n) is 11.6. The zero-order chi connectivity index (χ0) is 13.9. The maximum Gasteiger partial charge on any atom is 0.180 e. The van der Waals surface area contributed by atoms with E-state index in [2.05, 4.69) is 19.9 Å². The summed E-state index contributed by atoms with van der Waals surface area (Å²) in [7, 11) is 0. The van der Waals surface area contributed by atoms with Gasteiger partial charge in [-0.05, 0) is 6.92 Å². The van der Waals surface area contributed by atoms with Gasteiger partial charge in [-0.15, -0.1) is 11.3 Å². The van der Waals surface area contributed by atoms with Gasteiger partial charge in [0.15, 0.2) is 5.13 Å². The summed E-state index contributed by atoms with van der Waals surface area (Å²) in [6.45, 7) is 7.99. The maximum absolute atomic E-state index is 5.66. The van der Waals surface area contributed by atoms with E-state index in [0.29, 0.717) is 5.13 Å². The molecule has 2 N–H and O–H groups in total. The second-order valence-corrected chi connectivity index (χ2v) is 6.29. The molecule has 2 aromatic rings. The van der Waals surface area contributed by atoms with E-state index < -0.39 is 0 Å². The smallest absolute Gasteiger partial charge is 0.180 e. The molecule has 0 bridgehead atoms. The van der Waals surface area contributed by atoms with Crippen molar-refractivity contribution in [2.75, 3.05) is 31.9 Å². The summed E-state index contributed by atoms with van der Waals surface area (Å²) < 4.78 is 5.10. The number of thiazole rings is 1. The van der Waals surface area contributed by atoms with Crippen LogP contribution < -0.4 is 5.73 Å². The van der Waals surface area contributed by atoms with Crippen molar-refractivity contribution in [3.05, 3.63) is 28.6 Å². The van der Waals surface area contributed by atoms with E-state index in [-0.39, 0.29) is 0 Å². The average molecular weight is 293 g/mol. The summed E-state index contributed by atoms with van der Waals surface area (Å²) in [6, 6.07) is 2.01. The number of nitrogen functional groups attached to an aromatic ring is 1. The van der Waals surface area contributed by atoms with Crippen LogP contribution in [0, 0.1) is 6.92 Å². The quantitative estimate of drug-likeness (QED) is 0.917. The van der Waals surface area contributed by atoms with E-state index in [9.17, 15) is 0 Å². The van der Waals surface area contributed by atoms with Crippen LogP contribution in [0.15, 0.2) is 16.8 Å². The molecule has 7 heteroatoms. The maximum atomic E-state index is 5.66. The van der Waals surface area contributed by atoms with Gasteiger partial charge in [0.2, 0.25) is 0 Å². The van der Waals surface area contributed by atoms with E-state index in [1.54, 1.807) is 11.3 Å². The van der Waals surface area contributed by atoms with Gasteiger partial charge in [-0.25, -0.2) is 4.98 Å². The van der Waals surface area contributed by atoms with E-state index in [4.69, 9.17) is 10.3 Å². The van der Waals surface area contributed by atoms with Gasteiger partial charge in [0.05, 0.1) is 5.69 Å². The van der Waals surface area contributed by atoms with Crippen LogP contribution in [0.3, 0.4) is 0 Å². The van der Waals surface area contributed by atoms with Gasteiger partial charge in [0, 0.05) is 56.4 Å². The molecule has 1 aliphatic rings. The third-order valence-electron chi connectivity index (χ3n) is 3.48. The third-order valence-corrected chi connectivity index (χ3v) is 4.29. The van der Waals surface area contributed by atoms with Crippen LogP contribution in [0.5, 0.6) is 0 Å². The molecule has 0 atom stereocenters. The van der Waals surface area contributed by atoms with E-state index in [0.717, 1.165) is 50.7 Å². The van der Waals surface area contributed by atoms with Crippen LogP contribution in [0.25, 0.3) is 0 Å². The summed E-state index contributed by atoms with van der Waals surface area (Å²) in [5.74, 6) is 0.876. The molecule has 0 aliphatic carbocycles. The summed E-state index contributed by atoms with van der Waals surface area (Å²) in [4.78, 5) is 10.2. The van der Waals surface area contributed by atoms with Gasteiger partial charge >= 0.3 is 0 Å². The van der Waals surface area contributed by atoms with Crippen molar-refractivity contribution >= 4 is 16.5 Å². The second kappa shape index (κ2) is 5.90. The molecule has 3 rings (SSSR count). The van der Waals surface area contributed by atoms with Crippen LogP contribution in [0.2, 0.25) is 0 Å². The van der Waals surface area contributed by atoms with Crippen LogP contribution in [-0.4, -0.2) is 46.1 Å². The van der Waals surface area contributed by atoms with Crippen LogP contribution in [-0.2, 0) is 13.1 Å². The fourth-order valence-electron chi connectivity index (χ4n) is 2.44. The minimum atomic E-state index is 0.653. The largest absolute Gasteiger partial charge is 0.375 e. The Bertz CT molecular complexity index is 508. The Labute approximate surface area is 122 Å². The lowest BCUT2D eigenvalue weighted by Crippen LogP contribution is -2.45. The summed E-state index contributed by atoms with van der Waals surface area (Å²) >= 11 is 1.58. The van der Waals surface area contributed by atoms with E-state index in [1.165, 1.54) is 4.88 Å². The molecule has 1 aliphatic heterocycles. The van der Waals surface area contributed by atoms with Crippen molar-refractivity contribution in [1.82, 2.24) is 19.9 Å². The molecule has 0 radical (unpaired) electrons. The highest BCUT2D eigenvalue weighted by molar-refractivity contribution is 7.15. The van der Waals surface area contributed by atoms with Gasteiger partial charge in [0.1, 0.15) is 5.76 Å². The minimum absolute atomic E-state index is 0.653. The molecule has 0 amide bonds. The standard InChI is InChI=1S/C13H19N5OS/c1-10-6-11(16-19-10)8-17-2-4-18(5-3-17)9-12-7-15-13(14)20-12/h6-7H,2-5,8-9H2,1H3,(H2,14,15). The molecule has 2 aromatic heterocycles. The molecule has 0 unspecified atom stereocenters. The third kappa shape index (κ3) is 3.36. The highest BCUT2D eigenvalue weighted by atomic mass is 32.1. The predicted octanol–water partition coefficient (Wildman–Crippen LogP) is 1.34. The fraction of sp³-hybridized carbons (Fsp3) is 0.538. The van der Waals surface area contributed by atoms with Crippen molar-refractivity contribution < 1.29 is 4.52 Å². The van der Waals surface area contributed by atoms with Gasteiger partial charge in [-0.2, -0.15) is 0 Å². The Morgan fingerprint density at radius 2 is 1.95 bits per heavy atom. The topological polar surface area (TPSA) is 71.4 Å². The van der Waals surface area contributed by atoms with Crippen molar-refractivity contribution in [1.29, 1.82) is 0 Å². The Balaban J connectivity index is 1.47.